The van der Waals surface area contributed by atoms with Crippen LogP contribution in [-0.4, -0.2) is 34.7 Å². The van der Waals surface area contributed by atoms with E-state index < -0.39 is 17.5 Å². The standard InChI is InChI=1S/C15H17FN4O3S/c1-15(2,3)23-14(22)18-11-5-4-10(16)6-9(11)7-17-20-13-19-12(21)8-24-13/h4-7H,8H2,1-3H3,(H,18,22)(H,19,20,21). The van der Waals surface area contributed by atoms with E-state index in [1.807, 2.05) is 0 Å². The van der Waals surface area contributed by atoms with Gasteiger partial charge in [-0.2, -0.15) is 5.10 Å². The molecule has 2 rings (SSSR count). The molecule has 1 saturated heterocycles. The lowest BCUT2D eigenvalue weighted by Gasteiger charge is -2.20. The molecule has 1 aliphatic heterocycles. The van der Waals surface area contributed by atoms with E-state index in [9.17, 15) is 14.0 Å². The molecule has 2 N–H and O–H groups in total. The highest BCUT2D eigenvalue weighted by atomic mass is 32.2. The van der Waals surface area contributed by atoms with Gasteiger partial charge in [-0.25, -0.2) is 9.18 Å². The number of nitrogens with one attached hydrogen (secondary N) is 2. The van der Waals surface area contributed by atoms with Crippen molar-refractivity contribution in [3.05, 3.63) is 29.6 Å². The van der Waals surface area contributed by atoms with Crippen molar-refractivity contribution in [3.63, 3.8) is 0 Å². The van der Waals surface area contributed by atoms with Gasteiger partial charge in [0.05, 0.1) is 17.7 Å². The third-order valence-electron chi connectivity index (χ3n) is 2.58. The van der Waals surface area contributed by atoms with Crippen molar-refractivity contribution in [3.8, 4) is 0 Å². The highest BCUT2D eigenvalue weighted by molar-refractivity contribution is 8.15. The van der Waals surface area contributed by atoms with E-state index in [0.29, 0.717) is 22.2 Å². The summed E-state index contributed by atoms with van der Waals surface area (Å²) in [5.41, 5.74) is -0.000327. The Bertz CT molecular complexity index is 713. The van der Waals surface area contributed by atoms with Crippen LogP contribution in [0.3, 0.4) is 0 Å². The average Bonchev–Trinajstić information content (AvgIpc) is 2.85. The molecule has 128 valence electrons. The predicted octanol–water partition coefficient (Wildman–Crippen LogP) is 2.73. The Hall–Kier alpha value is -2.42. The molecule has 24 heavy (non-hydrogen) atoms. The van der Waals surface area contributed by atoms with Crippen molar-refractivity contribution in [1.29, 1.82) is 0 Å². The van der Waals surface area contributed by atoms with Crippen LogP contribution in [0.4, 0.5) is 14.9 Å². The van der Waals surface area contributed by atoms with E-state index >= 15 is 0 Å². The lowest BCUT2D eigenvalue weighted by molar-refractivity contribution is -0.116. The summed E-state index contributed by atoms with van der Waals surface area (Å²) in [6.07, 6.45) is 0.627. The first-order chi connectivity index (χ1) is 11.2. The molecule has 7 nitrogen and oxygen atoms in total. The molecule has 9 heteroatoms. The van der Waals surface area contributed by atoms with Gasteiger partial charge in [-0.05, 0) is 39.0 Å². The minimum absolute atomic E-state index is 0.146. The quantitative estimate of drug-likeness (QED) is 0.646. The maximum atomic E-state index is 13.4. The Morgan fingerprint density at radius 1 is 1.46 bits per heavy atom. The van der Waals surface area contributed by atoms with Crippen LogP contribution in [0.15, 0.2) is 28.4 Å². The van der Waals surface area contributed by atoms with Crippen LogP contribution >= 0.6 is 11.8 Å². The summed E-state index contributed by atoms with van der Waals surface area (Å²) in [6, 6.07) is 3.82. The van der Waals surface area contributed by atoms with Gasteiger partial charge in [0.1, 0.15) is 11.4 Å². The molecule has 1 aromatic carbocycles. The Labute approximate surface area is 142 Å². The monoisotopic (exact) mass is 352 g/mol. The van der Waals surface area contributed by atoms with Crippen LogP contribution < -0.4 is 10.6 Å². The average molecular weight is 352 g/mol. The van der Waals surface area contributed by atoms with Gasteiger partial charge < -0.3 is 10.1 Å². The van der Waals surface area contributed by atoms with Gasteiger partial charge in [0, 0.05) is 5.56 Å². The van der Waals surface area contributed by atoms with Gasteiger partial charge in [-0.1, -0.05) is 11.8 Å². The Balaban J connectivity index is 2.12. The van der Waals surface area contributed by atoms with Crippen LogP contribution in [0, 0.1) is 5.82 Å². The number of nitrogens with zero attached hydrogens (tertiary/aromatic N) is 2. The first-order valence-corrected chi connectivity index (χ1v) is 8.05. The Morgan fingerprint density at radius 2 is 2.21 bits per heavy atom. The summed E-state index contributed by atoms with van der Waals surface area (Å²) in [5.74, 6) is -0.339. The van der Waals surface area contributed by atoms with Crippen molar-refractivity contribution in [2.24, 2.45) is 10.2 Å². The zero-order valence-electron chi connectivity index (χ0n) is 13.4. The summed E-state index contributed by atoms with van der Waals surface area (Å²) >= 11 is 1.22. The molecule has 2 amide bonds. The molecule has 1 aliphatic rings. The number of halogens is 1. The molecular formula is C15H17FN4O3S. The maximum absolute atomic E-state index is 13.4. The van der Waals surface area contributed by atoms with E-state index in [1.165, 1.54) is 36.2 Å². The summed E-state index contributed by atoms with van der Waals surface area (Å²) in [6.45, 7) is 5.22. The molecule has 0 atom stereocenters. The number of hydrogen-bond acceptors (Lipinski definition) is 6. The van der Waals surface area contributed by atoms with Crippen LogP contribution in [0.5, 0.6) is 0 Å². The molecular weight excluding hydrogens is 335 g/mol. The molecule has 0 unspecified atom stereocenters. The zero-order valence-corrected chi connectivity index (χ0v) is 14.2. The number of rotatable bonds is 3. The topological polar surface area (TPSA) is 92.2 Å². The fourth-order valence-corrected chi connectivity index (χ4v) is 2.32. The van der Waals surface area contributed by atoms with Crippen molar-refractivity contribution in [1.82, 2.24) is 5.32 Å². The summed E-state index contributed by atoms with van der Waals surface area (Å²) in [5, 5.41) is 13.1. The summed E-state index contributed by atoms with van der Waals surface area (Å²) in [7, 11) is 0. The van der Waals surface area contributed by atoms with Gasteiger partial charge in [0.15, 0.2) is 5.17 Å². The lowest BCUT2D eigenvalue weighted by Crippen LogP contribution is -2.27. The largest absolute Gasteiger partial charge is 0.444 e. The number of carbonyl (C=O) groups excluding carboxylic acids is 2. The molecule has 0 aromatic heterocycles. The minimum atomic E-state index is -0.659. The molecule has 1 heterocycles. The van der Waals surface area contributed by atoms with Crippen LogP contribution in [0.2, 0.25) is 0 Å². The Kier molecular flexibility index (Phi) is 5.55. The van der Waals surface area contributed by atoms with E-state index in [-0.39, 0.29) is 5.91 Å². The smallest absolute Gasteiger partial charge is 0.412 e. The normalized spacial score (nSPS) is 16.5. The number of benzene rings is 1. The van der Waals surface area contributed by atoms with Crippen LogP contribution in [0.25, 0.3) is 0 Å². The summed E-state index contributed by atoms with van der Waals surface area (Å²) in [4.78, 5) is 22.9. The van der Waals surface area contributed by atoms with Crippen molar-refractivity contribution >= 4 is 40.8 Å². The van der Waals surface area contributed by atoms with Gasteiger partial charge in [-0.3, -0.25) is 10.1 Å². The number of anilines is 1. The second-order valence-corrected chi connectivity index (χ2v) is 6.81. The molecule has 1 fully saturated rings. The van der Waals surface area contributed by atoms with Crippen molar-refractivity contribution < 1.29 is 18.7 Å². The molecule has 0 saturated carbocycles. The second kappa shape index (κ2) is 7.43. The van der Waals surface area contributed by atoms with E-state index in [2.05, 4.69) is 20.8 Å². The van der Waals surface area contributed by atoms with Crippen molar-refractivity contribution in [2.45, 2.75) is 26.4 Å². The predicted molar refractivity (Wildman–Crippen MR) is 91.9 cm³/mol. The second-order valence-electron chi connectivity index (χ2n) is 5.85. The molecule has 0 aliphatic carbocycles. The first kappa shape index (κ1) is 17.9. The maximum Gasteiger partial charge on any atom is 0.412 e. The number of carbonyl (C=O) groups is 2. The highest BCUT2D eigenvalue weighted by Gasteiger charge is 2.18. The molecule has 0 spiro atoms. The molecule has 0 radical (unpaired) electrons. The Morgan fingerprint density at radius 3 is 2.83 bits per heavy atom. The fourth-order valence-electron chi connectivity index (χ4n) is 1.69. The number of ether oxygens (including phenoxy) is 1. The highest BCUT2D eigenvalue weighted by Crippen LogP contribution is 2.17. The number of thioether (sulfide) groups is 1. The number of amides is 2. The van der Waals surface area contributed by atoms with E-state index in [0.717, 1.165) is 0 Å². The molecule has 0 bridgehead atoms. The van der Waals surface area contributed by atoms with Crippen LogP contribution in [0.1, 0.15) is 26.3 Å². The molecule has 1 aromatic rings. The minimum Gasteiger partial charge on any atom is -0.444 e. The van der Waals surface area contributed by atoms with Gasteiger partial charge in [-0.15, -0.1) is 5.10 Å². The number of hydrogen-bond donors (Lipinski definition) is 2. The lowest BCUT2D eigenvalue weighted by atomic mass is 10.2. The van der Waals surface area contributed by atoms with Crippen LogP contribution in [-0.2, 0) is 9.53 Å². The number of amidine groups is 1. The van der Waals surface area contributed by atoms with E-state index in [4.69, 9.17) is 4.74 Å². The van der Waals surface area contributed by atoms with Gasteiger partial charge in [0.2, 0.25) is 5.91 Å². The third kappa shape index (κ3) is 5.65. The zero-order chi connectivity index (χ0) is 17.7. The van der Waals surface area contributed by atoms with Gasteiger partial charge in [0.25, 0.3) is 0 Å². The summed E-state index contributed by atoms with van der Waals surface area (Å²) < 4.78 is 18.6. The van der Waals surface area contributed by atoms with Crippen molar-refractivity contribution in [2.75, 3.05) is 11.1 Å². The van der Waals surface area contributed by atoms with E-state index in [1.54, 1.807) is 20.8 Å². The van der Waals surface area contributed by atoms with Gasteiger partial charge >= 0.3 is 6.09 Å². The first-order valence-electron chi connectivity index (χ1n) is 7.06. The third-order valence-corrected chi connectivity index (χ3v) is 3.44. The fraction of sp³-hybridized carbons (Fsp3) is 0.333. The SMILES string of the molecule is CC(C)(C)OC(=O)Nc1ccc(F)cc1C=NN=C1NC(=O)CS1.